The molecule has 2 N–H and O–H groups in total. The molecule has 0 spiro atoms. The van der Waals surface area contributed by atoms with Crippen LogP contribution in [0.1, 0.15) is 28.8 Å². The highest BCUT2D eigenvalue weighted by molar-refractivity contribution is 6.32. The molecular formula is C19H18ClF2N5O2. The summed E-state index contributed by atoms with van der Waals surface area (Å²) in [6, 6.07) is 3.24. The Morgan fingerprint density at radius 2 is 2.10 bits per heavy atom. The minimum absolute atomic E-state index is 0.0236. The molecule has 1 saturated heterocycles. The maximum absolute atomic E-state index is 13.8. The Bertz CT molecular complexity index is 1050. The molecule has 29 heavy (non-hydrogen) atoms. The maximum atomic E-state index is 13.8. The van der Waals surface area contributed by atoms with Crippen LogP contribution in [0.15, 0.2) is 30.6 Å². The first-order valence-electron chi connectivity index (χ1n) is 9.11. The number of amides is 1. The second-order valence-corrected chi connectivity index (χ2v) is 7.12. The van der Waals surface area contributed by atoms with Crippen molar-refractivity contribution < 1.29 is 18.3 Å². The number of rotatable bonds is 5. The highest BCUT2D eigenvalue weighted by Crippen LogP contribution is 2.23. The minimum atomic E-state index is -0.544. The second-order valence-electron chi connectivity index (χ2n) is 6.71. The van der Waals surface area contributed by atoms with Gasteiger partial charge in [-0.05, 0) is 31.0 Å². The van der Waals surface area contributed by atoms with E-state index >= 15 is 0 Å². The summed E-state index contributed by atoms with van der Waals surface area (Å²) >= 11 is 6.22. The molecule has 0 radical (unpaired) electrons. The van der Waals surface area contributed by atoms with Crippen LogP contribution >= 0.6 is 11.6 Å². The van der Waals surface area contributed by atoms with E-state index in [2.05, 4.69) is 20.7 Å². The summed E-state index contributed by atoms with van der Waals surface area (Å²) in [6.45, 7) is 1.20. The molecule has 10 heteroatoms. The number of ether oxygens (including phenoxy) is 1. The molecule has 0 saturated carbocycles. The van der Waals surface area contributed by atoms with Gasteiger partial charge in [-0.15, -0.1) is 0 Å². The fourth-order valence-electron chi connectivity index (χ4n) is 3.14. The second kappa shape index (κ2) is 8.30. The smallest absolute Gasteiger partial charge is 0.256 e. The quantitative estimate of drug-likeness (QED) is 0.661. The van der Waals surface area contributed by atoms with Gasteiger partial charge < -0.3 is 15.4 Å². The molecule has 1 amide bonds. The number of hydrogen-bond acceptors (Lipinski definition) is 5. The number of nitrogens with zero attached hydrogens (tertiary/aromatic N) is 3. The number of aromatic nitrogens is 3. The van der Waals surface area contributed by atoms with Gasteiger partial charge in [-0.25, -0.2) is 18.3 Å². The third kappa shape index (κ3) is 4.30. The Kier molecular flexibility index (Phi) is 5.59. The van der Waals surface area contributed by atoms with Crippen molar-refractivity contribution in [2.75, 3.05) is 18.5 Å². The van der Waals surface area contributed by atoms with E-state index in [1.165, 1.54) is 16.9 Å². The summed E-state index contributed by atoms with van der Waals surface area (Å²) in [5.41, 5.74) is 0.739. The molecule has 0 unspecified atom stereocenters. The first-order valence-corrected chi connectivity index (χ1v) is 9.49. The highest BCUT2D eigenvalue weighted by Gasteiger charge is 2.21. The Balaban J connectivity index is 1.55. The predicted molar refractivity (Wildman–Crippen MR) is 103 cm³/mol. The fourth-order valence-corrected chi connectivity index (χ4v) is 3.34. The Hall–Kier alpha value is -2.78. The molecule has 0 aliphatic carbocycles. The lowest BCUT2D eigenvalue weighted by molar-refractivity contribution is 0.0697. The molecule has 0 bridgehead atoms. The lowest BCUT2D eigenvalue weighted by Gasteiger charge is -2.22. The summed E-state index contributed by atoms with van der Waals surface area (Å²) in [5.74, 6) is -1.13. The molecule has 3 heterocycles. The van der Waals surface area contributed by atoms with Crippen molar-refractivity contribution in [3.8, 4) is 0 Å². The molecule has 0 atom stereocenters. The number of halogens is 3. The Morgan fingerprint density at radius 3 is 2.90 bits per heavy atom. The molecule has 1 aliphatic heterocycles. The van der Waals surface area contributed by atoms with E-state index in [0.29, 0.717) is 24.4 Å². The van der Waals surface area contributed by atoms with Gasteiger partial charge in [-0.1, -0.05) is 11.6 Å². The van der Waals surface area contributed by atoms with Crippen LogP contribution in [0.25, 0.3) is 5.65 Å². The van der Waals surface area contributed by atoms with Gasteiger partial charge in [0, 0.05) is 31.4 Å². The van der Waals surface area contributed by atoms with E-state index in [-0.39, 0.29) is 34.9 Å². The van der Waals surface area contributed by atoms with Gasteiger partial charge in [0.25, 0.3) is 5.91 Å². The van der Waals surface area contributed by atoms with E-state index < -0.39 is 11.6 Å². The van der Waals surface area contributed by atoms with Crippen molar-refractivity contribution >= 4 is 29.0 Å². The van der Waals surface area contributed by atoms with E-state index in [1.807, 2.05) is 0 Å². The minimum Gasteiger partial charge on any atom is -0.381 e. The standard InChI is InChI=1S/C19H18ClF2N5O2/c20-15-10-27-18(14(9-24-27)19(28)25-13-3-5-29-6-4-13)26-17(15)23-8-11-7-12(21)1-2-16(11)22/h1-2,7,9-10,13H,3-6,8H2,(H,23,26)(H,25,28). The van der Waals surface area contributed by atoms with Crippen molar-refractivity contribution in [3.05, 3.63) is 58.4 Å². The number of carbonyl (C=O) groups excluding carboxylic acids is 1. The monoisotopic (exact) mass is 421 g/mol. The normalized spacial score (nSPS) is 14.9. The zero-order chi connectivity index (χ0) is 20.4. The van der Waals surface area contributed by atoms with Crippen molar-refractivity contribution in [1.29, 1.82) is 0 Å². The fraction of sp³-hybridized carbons (Fsp3) is 0.316. The molecule has 1 fully saturated rings. The third-order valence-electron chi connectivity index (χ3n) is 4.70. The lowest BCUT2D eigenvalue weighted by Crippen LogP contribution is -2.38. The highest BCUT2D eigenvalue weighted by atomic mass is 35.5. The van der Waals surface area contributed by atoms with E-state index in [0.717, 1.165) is 31.0 Å². The number of anilines is 1. The van der Waals surface area contributed by atoms with Gasteiger partial charge in [0.2, 0.25) is 0 Å². The van der Waals surface area contributed by atoms with Crippen LogP contribution < -0.4 is 10.6 Å². The molecule has 3 aromatic rings. The van der Waals surface area contributed by atoms with Gasteiger partial charge in [0.1, 0.15) is 28.0 Å². The van der Waals surface area contributed by atoms with Gasteiger partial charge in [-0.2, -0.15) is 5.10 Å². The van der Waals surface area contributed by atoms with Crippen LogP contribution in [0.3, 0.4) is 0 Å². The van der Waals surface area contributed by atoms with E-state index in [9.17, 15) is 13.6 Å². The van der Waals surface area contributed by atoms with Gasteiger partial charge in [0.05, 0.1) is 12.4 Å². The molecule has 1 aliphatic rings. The van der Waals surface area contributed by atoms with Crippen molar-refractivity contribution in [1.82, 2.24) is 19.9 Å². The van der Waals surface area contributed by atoms with Crippen LogP contribution in [0.4, 0.5) is 14.6 Å². The average Bonchev–Trinajstić information content (AvgIpc) is 3.12. The van der Waals surface area contributed by atoms with Gasteiger partial charge in [0.15, 0.2) is 5.65 Å². The summed E-state index contributed by atoms with van der Waals surface area (Å²) in [5, 5.41) is 10.2. The first-order chi connectivity index (χ1) is 14.0. The summed E-state index contributed by atoms with van der Waals surface area (Å²) in [7, 11) is 0. The third-order valence-corrected chi connectivity index (χ3v) is 4.98. The zero-order valence-electron chi connectivity index (χ0n) is 15.3. The van der Waals surface area contributed by atoms with Gasteiger partial charge >= 0.3 is 0 Å². The van der Waals surface area contributed by atoms with Crippen molar-refractivity contribution in [2.24, 2.45) is 0 Å². The largest absolute Gasteiger partial charge is 0.381 e. The average molecular weight is 422 g/mol. The summed E-state index contributed by atoms with van der Waals surface area (Å²) < 4.78 is 33.9. The van der Waals surface area contributed by atoms with Crippen LogP contribution in [-0.4, -0.2) is 39.8 Å². The van der Waals surface area contributed by atoms with Gasteiger partial charge in [-0.3, -0.25) is 4.79 Å². The Labute approximate surface area is 170 Å². The number of fused-ring (bicyclic) bond motifs is 1. The van der Waals surface area contributed by atoms with E-state index in [4.69, 9.17) is 16.3 Å². The van der Waals surface area contributed by atoms with Crippen molar-refractivity contribution in [3.63, 3.8) is 0 Å². The number of nitrogens with one attached hydrogen (secondary N) is 2. The molecule has 1 aromatic carbocycles. The number of carbonyl (C=O) groups is 1. The topological polar surface area (TPSA) is 80.5 Å². The summed E-state index contributed by atoms with van der Waals surface area (Å²) in [6.07, 6.45) is 4.41. The number of benzene rings is 1. The van der Waals surface area contributed by atoms with Crippen LogP contribution in [0, 0.1) is 11.6 Å². The molecule has 2 aromatic heterocycles. The lowest BCUT2D eigenvalue weighted by atomic mass is 10.1. The zero-order valence-corrected chi connectivity index (χ0v) is 16.0. The van der Waals surface area contributed by atoms with Crippen molar-refractivity contribution in [2.45, 2.75) is 25.4 Å². The van der Waals surface area contributed by atoms with Crippen LogP contribution in [0.2, 0.25) is 5.02 Å². The van der Waals surface area contributed by atoms with Crippen LogP contribution in [0.5, 0.6) is 0 Å². The Morgan fingerprint density at radius 1 is 1.31 bits per heavy atom. The van der Waals surface area contributed by atoms with E-state index in [1.54, 1.807) is 0 Å². The number of hydrogen-bond donors (Lipinski definition) is 2. The molecule has 4 rings (SSSR count). The molecule has 7 nitrogen and oxygen atoms in total. The SMILES string of the molecule is O=C(NC1CCOCC1)c1cnn2cc(Cl)c(NCc3cc(F)ccc3F)nc12. The molecular weight excluding hydrogens is 404 g/mol. The summed E-state index contributed by atoms with van der Waals surface area (Å²) in [4.78, 5) is 17.0. The first kappa shape index (κ1) is 19.5. The molecule has 152 valence electrons. The predicted octanol–water partition coefficient (Wildman–Crippen LogP) is 3.18. The maximum Gasteiger partial charge on any atom is 0.256 e. The van der Waals surface area contributed by atoms with Crippen LogP contribution in [-0.2, 0) is 11.3 Å².